The molecule has 0 bridgehead atoms. The van der Waals surface area contributed by atoms with Crippen molar-refractivity contribution in [1.82, 2.24) is 0 Å². The zero-order chi connectivity index (χ0) is 22.0. The number of hydrogen-bond donors (Lipinski definition) is 1. The van der Waals surface area contributed by atoms with E-state index >= 15 is 0 Å². The van der Waals surface area contributed by atoms with E-state index in [1.165, 1.54) is 0 Å². The lowest BCUT2D eigenvalue weighted by Crippen LogP contribution is -2.42. The fourth-order valence-electron chi connectivity index (χ4n) is 3.33. The van der Waals surface area contributed by atoms with Gasteiger partial charge in [0.05, 0.1) is 6.10 Å². The summed E-state index contributed by atoms with van der Waals surface area (Å²) in [4.78, 5) is 24.9. The van der Waals surface area contributed by atoms with Gasteiger partial charge in [0.25, 0.3) is 0 Å². The summed E-state index contributed by atoms with van der Waals surface area (Å²) < 4.78 is 11.3. The van der Waals surface area contributed by atoms with Crippen LogP contribution in [0.25, 0.3) is 0 Å². The Hall–Kier alpha value is -2.82. The van der Waals surface area contributed by atoms with Crippen molar-refractivity contribution in [3.63, 3.8) is 0 Å². The molecule has 0 heterocycles. The molecule has 0 aliphatic rings. The number of rotatable bonds is 12. The minimum atomic E-state index is -1.53. The van der Waals surface area contributed by atoms with Gasteiger partial charge >= 0.3 is 11.9 Å². The standard InChI is InChI=1S/C25H32O5/c1-4-15-25(23(26)27,24(28)30-19(3)5-2)16-14-20-12-9-13-22(17-20)29-18-21-10-7-6-8-11-21/h6-13,17,19H,4-5,14-16,18H2,1-3H3,(H,26,27). The summed E-state index contributed by atoms with van der Waals surface area (Å²) in [5, 5.41) is 9.93. The lowest BCUT2D eigenvalue weighted by molar-refractivity contribution is -0.173. The molecule has 2 aromatic carbocycles. The first kappa shape index (κ1) is 23.5. The van der Waals surface area contributed by atoms with Gasteiger partial charge in [0.15, 0.2) is 5.41 Å². The lowest BCUT2D eigenvalue weighted by atomic mass is 9.78. The molecule has 0 aromatic heterocycles. The van der Waals surface area contributed by atoms with Crippen molar-refractivity contribution < 1.29 is 24.2 Å². The van der Waals surface area contributed by atoms with E-state index in [0.29, 0.717) is 25.9 Å². The fourth-order valence-corrected chi connectivity index (χ4v) is 3.33. The number of carbonyl (C=O) groups is 2. The van der Waals surface area contributed by atoms with Crippen LogP contribution in [0.5, 0.6) is 5.75 Å². The number of hydrogen-bond acceptors (Lipinski definition) is 4. The average molecular weight is 413 g/mol. The van der Waals surface area contributed by atoms with Gasteiger partial charge in [-0.25, -0.2) is 0 Å². The van der Waals surface area contributed by atoms with Crippen LogP contribution in [-0.4, -0.2) is 23.1 Å². The van der Waals surface area contributed by atoms with Crippen LogP contribution in [0, 0.1) is 5.41 Å². The molecular weight excluding hydrogens is 380 g/mol. The normalized spacial score (nSPS) is 13.8. The van der Waals surface area contributed by atoms with Gasteiger partial charge < -0.3 is 14.6 Å². The van der Waals surface area contributed by atoms with E-state index in [-0.39, 0.29) is 18.9 Å². The van der Waals surface area contributed by atoms with Gasteiger partial charge in [-0.15, -0.1) is 0 Å². The fraction of sp³-hybridized carbons (Fsp3) is 0.440. The Morgan fingerprint density at radius 3 is 2.33 bits per heavy atom. The number of aliphatic carboxylic acids is 1. The van der Waals surface area contributed by atoms with Gasteiger partial charge in [-0.3, -0.25) is 9.59 Å². The van der Waals surface area contributed by atoms with Crippen molar-refractivity contribution in [2.45, 2.75) is 65.6 Å². The van der Waals surface area contributed by atoms with Gasteiger partial charge in [0.2, 0.25) is 0 Å². The van der Waals surface area contributed by atoms with Gasteiger partial charge in [-0.2, -0.15) is 0 Å². The monoisotopic (exact) mass is 412 g/mol. The van der Waals surface area contributed by atoms with E-state index in [1.807, 2.05) is 68.4 Å². The Morgan fingerprint density at radius 2 is 1.70 bits per heavy atom. The molecule has 5 nitrogen and oxygen atoms in total. The molecule has 2 atom stereocenters. The van der Waals surface area contributed by atoms with Crippen LogP contribution in [0.3, 0.4) is 0 Å². The molecule has 0 radical (unpaired) electrons. The van der Waals surface area contributed by atoms with E-state index < -0.39 is 17.4 Å². The zero-order valence-corrected chi connectivity index (χ0v) is 18.1. The molecule has 0 spiro atoms. The molecule has 0 saturated carbocycles. The van der Waals surface area contributed by atoms with Gasteiger partial charge in [0.1, 0.15) is 12.4 Å². The molecule has 2 unspecified atom stereocenters. The van der Waals surface area contributed by atoms with Crippen LogP contribution in [-0.2, 0) is 27.4 Å². The number of carboxylic acids is 1. The largest absolute Gasteiger partial charge is 0.489 e. The predicted octanol–water partition coefficient (Wildman–Crippen LogP) is 5.41. The Balaban J connectivity index is 2.10. The molecule has 0 saturated heterocycles. The highest BCUT2D eigenvalue weighted by Gasteiger charge is 2.46. The van der Waals surface area contributed by atoms with Crippen LogP contribution in [0.4, 0.5) is 0 Å². The number of benzene rings is 2. The van der Waals surface area contributed by atoms with Crippen molar-refractivity contribution >= 4 is 11.9 Å². The third kappa shape index (κ3) is 6.34. The second-order valence-electron chi connectivity index (χ2n) is 7.68. The SMILES string of the molecule is CCCC(CCc1cccc(OCc2ccccc2)c1)(C(=O)O)C(=O)OC(C)CC. The average Bonchev–Trinajstić information content (AvgIpc) is 2.75. The van der Waals surface area contributed by atoms with E-state index in [1.54, 1.807) is 6.92 Å². The van der Waals surface area contributed by atoms with E-state index in [4.69, 9.17) is 9.47 Å². The maximum absolute atomic E-state index is 12.8. The Kier molecular flexibility index (Phi) is 8.90. The van der Waals surface area contributed by atoms with Crippen LogP contribution in [0.15, 0.2) is 54.6 Å². The Labute approximate surface area is 179 Å². The second-order valence-corrected chi connectivity index (χ2v) is 7.68. The maximum Gasteiger partial charge on any atom is 0.323 e. The van der Waals surface area contributed by atoms with Crippen LogP contribution in [0.1, 0.15) is 57.6 Å². The summed E-state index contributed by atoms with van der Waals surface area (Å²) in [6, 6.07) is 17.5. The summed E-state index contributed by atoms with van der Waals surface area (Å²) in [5.74, 6) is -1.04. The first-order valence-electron chi connectivity index (χ1n) is 10.6. The quantitative estimate of drug-likeness (QED) is 0.373. The number of carboxylic acid groups (broad SMARTS) is 1. The van der Waals surface area contributed by atoms with Crippen molar-refractivity contribution in [3.05, 3.63) is 65.7 Å². The maximum atomic E-state index is 12.8. The van der Waals surface area contributed by atoms with Crippen LogP contribution >= 0.6 is 0 Å². The molecule has 0 aliphatic heterocycles. The lowest BCUT2D eigenvalue weighted by Gasteiger charge is -2.28. The number of aryl methyl sites for hydroxylation is 1. The highest BCUT2D eigenvalue weighted by atomic mass is 16.5. The molecule has 0 amide bonds. The molecule has 2 aromatic rings. The van der Waals surface area contributed by atoms with Gasteiger partial charge in [0, 0.05) is 0 Å². The molecule has 162 valence electrons. The smallest absolute Gasteiger partial charge is 0.323 e. The van der Waals surface area contributed by atoms with E-state index in [2.05, 4.69) is 0 Å². The third-order valence-corrected chi connectivity index (χ3v) is 5.35. The summed E-state index contributed by atoms with van der Waals surface area (Å²) in [6.45, 7) is 6.03. The second kappa shape index (κ2) is 11.4. The molecule has 30 heavy (non-hydrogen) atoms. The zero-order valence-electron chi connectivity index (χ0n) is 18.1. The highest BCUT2D eigenvalue weighted by Crippen LogP contribution is 2.33. The molecule has 5 heteroatoms. The predicted molar refractivity (Wildman–Crippen MR) is 116 cm³/mol. The number of esters is 1. The summed E-state index contributed by atoms with van der Waals surface area (Å²) >= 11 is 0. The number of carbonyl (C=O) groups excluding carboxylic acids is 1. The summed E-state index contributed by atoms with van der Waals surface area (Å²) in [7, 11) is 0. The van der Waals surface area contributed by atoms with Crippen molar-refractivity contribution in [2.75, 3.05) is 0 Å². The first-order valence-corrected chi connectivity index (χ1v) is 10.6. The van der Waals surface area contributed by atoms with E-state index in [9.17, 15) is 14.7 Å². The number of ether oxygens (including phenoxy) is 2. The van der Waals surface area contributed by atoms with Crippen molar-refractivity contribution in [2.24, 2.45) is 5.41 Å². The molecular formula is C25H32O5. The minimum Gasteiger partial charge on any atom is -0.489 e. The molecule has 1 N–H and O–H groups in total. The summed E-state index contributed by atoms with van der Waals surface area (Å²) in [6.07, 6.45) is 1.82. The van der Waals surface area contributed by atoms with E-state index in [0.717, 1.165) is 16.9 Å². The first-order chi connectivity index (χ1) is 14.4. The topological polar surface area (TPSA) is 72.8 Å². The summed E-state index contributed by atoms with van der Waals surface area (Å²) in [5.41, 5.74) is 0.473. The minimum absolute atomic E-state index is 0.188. The molecule has 0 fully saturated rings. The Bertz CT molecular complexity index is 817. The Morgan fingerprint density at radius 1 is 1.00 bits per heavy atom. The van der Waals surface area contributed by atoms with Gasteiger partial charge in [-0.1, -0.05) is 62.7 Å². The van der Waals surface area contributed by atoms with Gasteiger partial charge in [-0.05, 0) is 55.9 Å². The van der Waals surface area contributed by atoms with Crippen LogP contribution in [0.2, 0.25) is 0 Å². The molecule has 0 aliphatic carbocycles. The van der Waals surface area contributed by atoms with Crippen LogP contribution < -0.4 is 4.74 Å². The highest BCUT2D eigenvalue weighted by molar-refractivity contribution is 5.99. The van der Waals surface area contributed by atoms with Crippen molar-refractivity contribution in [3.8, 4) is 5.75 Å². The molecule has 2 rings (SSSR count). The van der Waals surface area contributed by atoms with Crippen molar-refractivity contribution in [1.29, 1.82) is 0 Å². The third-order valence-electron chi connectivity index (χ3n) is 5.35.